The van der Waals surface area contributed by atoms with Gasteiger partial charge >= 0.3 is 5.97 Å². The second-order valence-corrected chi connectivity index (χ2v) is 14.7. The van der Waals surface area contributed by atoms with Gasteiger partial charge in [-0.1, -0.05) is 50.6 Å². The van der Waals surface area contributed by atoms with Crippen molar-refractivity contribution >= 4 is 40.2 Å². The monoisotopic (exact) mass is 653 g/mol. The molecule has 2 aromatic heterocycles. The number of carbonyl (C=O) groups excluding carboxylic acids is 1. The summed E-state index contributed by atoms with van der Waals surface area (Å²) in [6.45, 7) is 11.3. The molecule has 2 heterocycles. The van der Waals surface area contributed by atoms with Gasteiger partial charge in [-0.25, -0.2) is 0 Å². The molecule has 4 rings (SSSR count). The van der Waals surface area contributed by atoms with E-state index in [-0.39, 0.29) is 23.7 Å². The number of esters is 1. The van der Waals surface area contributed by atoms with Crippen molar-refractivity contribution < 1.29 is 24.2 Å². The fraction of sp³-hybridized carbons (Fsp3) is 0.412. The molecule has 0 aliphatic rings. The first-order valence-corrected chi connectivity index (χ1v) is 16.1. The van der Waals surface area contributed by atoms with Crippen LogP contribution in [0.5, 0.6) is 5.75 Å². The first kappa shape index (κ1) is 34.1. The molecule has 45 heavy (non-hydrogen) atoms. The molecule has 2 aromatic carbocycles. The molecule has 0 bridgehead atoms. The molecular weight excluding hydrogens is 614 g/mol. The summed E-state index contributed by atoms with van der Waals surface area (Å²) < 4.78 is 14.4. The molecule has 0 radical (unpaired) electrons. The number of rotatable bonds is 15. The molecule has 0 saturated heterocycles. The zero-order valence-electron chi connectivity index (χ0n) is 26.4. The largest absolute Gasteiger partial charge is 0.487 e. The van der Waals surface area contributed by atoms with Gasteiger partial charge in [0.1, 0.15) is 18.0 Å². The number of aromatic nitrogens is 2. The minimum absolute atomic E-state index is 0.0462. The zero-order chi connectivity index (χ0) is 32.6. The maximum absolute atomic E-state index is 12.8. The second-order valence-electron chi connectivity index (χ2n) is 12.4. The number of halogens is 1. The van der Waals surface area contributed by atoms with E-state index in [1.165, 1.54) is 0 Å². The van der Waals surface area contributed by atoms with Crippen LogP contribution in [0.25, 0.3) is 10.9 Å². The highest BCUT2D eigenvalue weighted by Gasteiger charge is 2.30. The lowest BCUT2D eigenvalue weighted by molar-refractivity contribution is -0.757. The summed E-state index contributed by atoms with van der Waals surface area (Å²) in [6, 6.07) is 19.7. The third-order valence-corrected chi connectivity index (χ3v) is 8.35. The van der Waals surface area contributed by atoms with Crippen LogP contribution in [0.4, 0.5) is 0 Å². The van der Waals surface area contributed by atoms with Crippen LogP contribution >= 0.6 is 23.4 Å². The Labute approximate surface area is 273 Å². The van der Waals surface area contributed by atoms with Gasteiger partial charge < -0.3 is 18.9 Å². The van der Waals surface area contributed by atoms with Crippen molar-refractivity contribution in [3.05, 3.63) is 98.9 Å². The van der Waals surface area contributed by atoms with Crippen molar-refractivity contribution in [3.63, 3.8) is 0 Å². The van der Waals surface area contributed by atoms with Gasteiger partial charge in [-0.05, 0) is 74.7 Å². The Morgan fingerprint density at radius 2 is 1.80 bits per heavy atom. The Morgan fingerprint density at radius 3 is 2.47 bits per heavy atom. The molecule has 0 aliphatic heterocycles. The number of carbonyl (C=O) groups is 1. The van der Waals surface area contributed by atoms with Gasteiger partial charge in [0.15, 0.2) is 0 Å². The number of hydrogen-bond donors (Lipinski definition) is 0. The van der Waals surface area contributed by atoms with Gasteiger partial charge in [-0.3, -0.25) is 9.78 Å². The van der Waals surface area contributed by atoms with Gasteiger partial charge in [0.05, 0.1) is 12.3 Å². The average Bonchev–Trinajstić information content (AvgIpc) is 3.22. The Bertz CT molecular complexity index is 1600. The van der Waals surface area contributed by atoms with E-state index >= 15 is 0 Å². The Balaban J connectivity index is 1.68. The summed E-state index contributed by atoms with van der Waals surface area (Å²) in [4.78, 5) is 33.0. The van der Waals surface area contributed by atoms with Crippen molar-refractivity contribution in [2.75, 3.05) is 6.61 Å². The predicted molar refractivity (Wildman–Crippen MR) is 177 cm³/mol. The van der Waals surface area contributed by atoms with Crippen LogP contribution in [0.1, 0.15) is 70.8 Å². The summed E-state index contributed by atoms with van der Waals surface area (Å²) in [7, 11) is 0. The molecule has 240 valence electrons. The lowest BCUT2D eigenvalue weighted by atomic mass is 10.0. The first-order valence-electron chi connectivity index (χ1n) is 14.9. The van der Waals surface area contributed by atoms with E-state index in [4.69, 9.17) is 21.1 Å². The van der Waals surface area contributed by atoms with Crippen molar-refractivity contribution in [3.8, 4) is 5.75 Å². The molecule has 0 atom stereocenters. The topological polar surface area (TPSA) is 106 Å². The summed E-state index contributed by atoms with van der Waals surface area (Å²) >= 11 is 7.97. The summed E-state index contributed by atoms with van der Waals surface area (Å²) in [5, 5.41) is 11.3. The molecule has 11 heteroatoms. The molecule has 0 unspecified atom stereocenters. The number of thioether (sulfide) groups is 1. The lowest BCUT2D eigenvalue weighted by Crippen LogP contribution is -2.32. The predicted octanol–water partition coefficient (Wildman–Crippen LogP) is 8.45. The van der Waals surface area contributed by atoms with E-state index < -0.39 is 10.7 Å². The summed E-state index contributed by atoms with van der Waals surface area (Å²) in [5.41, 5.74) is 3.21. The van der Waals surface area contributed by atoms with Crippen LogP contribution in [0, 0.1) is 10.1 Å². The first-order chi connectivity index (χ1) is 21.3. The van der Waals surface area contributed by atoms with Gasteiger partial charge in [-0.15, -0.1) is 21.9 Å². The molecule has 9 nitrogen and oxygen atoms in total. The fourth-order valence-corrected chi connectivity index (χ4v) is 6.26. The van der Waals surface area contributed by atoms with Crippen LogP contribution in [0.15, 0.2) is 71.8 Å². The van der Waals surface area contributed by atoms with E-state index in [1.807, 2.05) is 62.4 Å². The van der Waals surface area contributed by atoms with Crippen LogP contribution in [0.2, 0.25) is 5.02 Å². The van der Waals surface area contributed by atoms with E-state index in [9.17, 15) is 14.9 Å². The highest BCUT2D eigenvalue weighted by molar-refractivity contribution is 8.00. The molecule has 0 fully saturated rings. The second kappa shape index (κ2) is 15.0. The smallest absolute Gasteiger partial charge is 0.306 e. The Hall–Kier alpha value is -3.76. The van der Waals surface area contributed by atoms with Gasteiger partial charge in [0.2, 0.25) is 0 Å². The number of hydrogen-bond acceptors (Lipinski definition) is 8. The highest BCUT2D eigenvalue weighted by atomic mass is 35.5. The number of nitrogens with zero attached hydrogens (tertiary/aromatic N) is 3. The maximum Gasteiger partial charge on any atom is 0.306 e. The number of pyridine rings is 1. The number of ether oxygens (including phenoxy) is 2. The molecule has 0 spiro atoms. The fourth-order valence-electron chi connectivity index (χ4n) is 4.94. The molecule has 0 amide bonds. The normalized spacial score (nSPS) is 11.9. The number of fused-ring (bicyclic) bond motifs is 1. The third-order valence-electron chi connectivity index (χ3n) is 6.82. The molecule has 0 saturated carbocycles. The highest BCUT2D eigenvalue weighted by Crippen LogP contribution is 2.44. The van der Waals surface area contributed by atoms with Crippen LogP contribution in [0.3, 0.4) is 0 Å². The Kier molecular flexibility index (Phi) is 11.4. The van der Waals surface area contributed by atoms with E-state index in [0.717, 1.165) is 38.5 Å². The van der Waals surface area contributed by atoms with Gasteiger partial charge in [-0.2, -0.15) is 0 Å². The summed E-state index contributed by atoms with van der Waals surface area (Å²) in [6.07, 6.45) is 3.20. The zero-order valence-corrected chi connectivity index (χ0v) is 28.0. The van der Waals surface area contributed by atoms with Crippen LogP contribution < -0.4 is 4.74 Å². The summed E-state index contributed by atoms with van der Waals surface area (Å²) in [5.74, 6) is 0.391. The van der Waals surface area contributed by atoms with E-state index in [1.54, 1.807) is 18.0 Å². The molecular formula is C34H40ClN3O6S. The van der Waals surface area contributed by atoms with Gasteiger partial charge in [0, 0.05) is 56.8 Å². The standard InChI is InChI=1S/C34H40ClN3O6S/c1-33(2,3)45-32-28-20-27(42-23-26-10-6-8-18-36-26)16-17-29(28)37(22-24-12-14-25(35)15-13-24)30(32)21-34(4,5)44-31(39)11-7-9-19-43-38(40)41/h6,8,10,12-18,20H,7,9,11,19,21-23H2,1-5H3. The SMILES string of the molecule is CC(C)(Cc1c(SC(C)(C)C)c2cc(OCc3ccccn3)ccc2n1Cc1ccc(Cl)cc1)OC(=O)CCCCO[N+](=O)[O-]. The van der Waals surface area contributed by atoms with Crippen molar-refractivity contribution in [1.29, 1.82) is 0 Å². The molecule has 0 aliphatic carbocycles. The minimum Gasteiger partial charge on any atom is -0.487 e. The van der Waals surface area contributed by atoms with Gasteiger partial charge in [0.25, 0.3) is 5.09 Å². The third kappa shape index (κ3) is 10.4. The van der Waals surface area contributed by atoms with Crippen LogP contribution in [-0.4, -0.2) is 37.6 Å². The maximum atomic E-state index is 12.8. The quantitative estimate of drug-likeness (QED) is 0.0414. The number of unbranched alkanes of at least 4 members (excludes halogenated alkanes) is 1. The van der Waals surface area contributed by atoms with Crippen molar-refractivity contribution in [2.45, 2.75) is 88.7 Å². The lowest BCUT2D eigenvalue weighted by Gasteiger charge is -2.28. The van der Waals surface area contributed by atoms with Crippen molar-refractivity contribution in [1.82, 2.24) is 9.55 Å². The molecule has 4 aromatic rings. The minimum atomic E-state index is -0.827. The number of benzene rings is 2. The average molecular weight is 654 g/mol. The Morgan fingerprint density at radius 1 is 1.04 bits per heavy atom. The van der Waals surface area contributed by atoms with E-state index in [2.05, 4.69) is 47.3 Å². The molecule has 0 N–H and O–H groups in total. The van der Waals surface area contributed by atoms with Crippen LogP contribution in [-0.2, 0) is 33.9 Å². The van der Waals surface area contributed by atoms with Crippen molar-refractivity contribution in [2.24, 2.45) is 0 Å². The van der Waals surface area contributed by atoms with E-state index in [0.29, 0.717) is 37.4 Å².